The second-order valence-corrected chi connectivity index (χ2v) is 16.3. The van der Waals surface area contributed by atoms with Crippen LogP contribution in [-0.4, -0.2) is 44.4 Å². The lowest BCUT2D eigenvalue weighted by Gasteiger charge is -2.31. The van der Waals surface area contributed by atoms with Crippen LogP contribution in [0.2, 0.25) is 0 Å². The van der Waals surface area contributed by atoms with Gasteiger partial charge < -0.3 is 18.9 Å². The van der Waals surface area contributed by atoms with Crippen LogP contribution >= 0.6 is 15.8 Å². The SMILES string of the molecule is CC.CCCOC1=CC=CCCC1P(CCCP(c1ccccc1OCCC)c1ccccc1OCCC)c1ccccc1OCCC. The van der Waals surface area contributed by atoms with E-state index in [1.807, 2.05) is 13.8 Å². The minimum atomic E-state index is -0.714. The van der Waals surface area contributed by atoms with Crippen molar-refractivity contribution < 1.29 is 18.9 Å². The van der Waals surface area contributed by atoms with Crippen molar-refractivity contribution in [3.63, 3.8) is 0 Å². The third-order valence-electron chi connectivity index (χ3n) is 7.83. The second kappa shape index (κ2) is 23.5. The van der Waals surface area contributed by atoms with Crippen LogP contribution < -0.4 is 30.1 Å². The fourth-order valence-electron chi connectivity index (χ4n) is 5.71. The van der Waals surface area contributed by atoms with E-state index in [9.17, 15) is 0 Å². The van der Waals surface area contributed by atoms with Crippen LogP contribution in [0, 0.1) is 0 Å². The van der Waals surface area contributed by atoms with Crippen molar-refractivity contribution in [1.82, 2.24) is 0 Å². The summed E-state index contributed by atoms with van der Waals surface area (Å²) in [7, 11) is -1.31. The van der Waals surface area contributed by atoms with E-state index in [4.69, 9.17) is 18.9 Å². The Hall–Kier alpha value is -2.80. The first-order chi connectivity index (χ1) is 23.7. The predicted octanol–water partition coefficient (Wildman–Crippen LogP) is 10.7. The molecule has 0 bridgehead atoms. The third kappa shape index (κ3) is 12.0. The molecule has 2 unspecified atom stereocenters. The molecule has 0 amide bonds. The van der Waals surface area contributed by atoms with Crippen molar-refractivity contribution in [2.75, 3.05) is 38.8 Å². The van der Waals surface area contributed by atoms with Gasteiger partial charge in [0.2, 0.25) is 0 Å². The van der Waals surface area contributed by atoms with E-state index >= 15 is 0 Å². The van der Waals surface area contributed by atoms with Gasteiger partial charge in [-0.25, -0.2) is 0 Å². The number of benzene rings is 3. The minimum absolute atomic E-state index is 0.356. The number of rotatable bonds is 20. The molecule has 4 nitrogen and oxygen atoms in total. The average molecular weight is 691 g/mol. The van der Waals surface area contributed by atoms with Crippen molar-refractivity contribution in [1.29, 1.82) is 0 Å². The quantitative estimate of drug-likeness (QED) is 0.111. The van der Waals surface area contributed by atoms with Crippen molar-refractivity contribution in [2.24, 2.45) is 0 Å². The maximum atomic E-state index is 6.48. The summed E-state index contributed by atoms with van der Waals surface area (Å²) >= 11 is 0. The van der Waals surface area contributed by atoms with Crippen molar-refractivity contribution >= 4 is 31.8 Å². The van der Waals surface area contributed by atoms with Crippen LogP contribution in [0.15, 0.2) is 96.8 Å². The van der Waals surface area contributed by atoms with E-state index < -0.39 is 15.8 Å². The molecule has 0 spiro atoms. The molecule has 2 atom stereocenters. The molecule has 0 saturated carbocycles. The Morgan fingerprint density at radius 2 is 1.04 bits per heavy atom. The molecular weight excluding hydrogens is 630 g/mol. The van der Waals surface area contributed by atoms with Gasteiger partial charge in [0.1, 0.15) is 23.0 Å². The number of ether oxygens (including phenoxy) is 4. The maximum absolute atomic E-state index is 6.48. The molecule has 0 saturated heterocycles. The van der Waals surface area contributed by atoms with E-state index in [-0.39, 0.29) is 0 Å². The number of allylic oxidation sites excluding steroid dienone is 4. The van der Waals surface area contributed by atoms with Gasteiger partial charge in [-0.05, 0) is 89.5 Å². The van der Waals surface area contributed by atoms with Crippen LogP contribution in [0.3, 0.4) is 0 Å². The molecule has 0 radical (unpaired) electrons. The monoisotopic (exact) mass is 690 g/mol. The van der Waals surface area contributed by atoms with Crippen LogP contribution in [0.25, 0.3) is 0 Å². The summed E-state index contributed by atoms with van der Waals surface area (Å²) in [6, 6.07) is 26.1. The lowest BCUT2D eigenvalue weighted by molar-refractivity contribution is 0.204. The first-order valence-electron chi connectivity index (χ1n) is 18.4. The fraction of sp³-hybridized carbons (Fsp3) is 0.476. The highest BCUT2D eigenvalue weighted by atomic mass is 31.1. The summed E-state index contributed by atoms with van der Waals surface area (Å²) in [5.74, 6) is 4.20. The molecule has 48 heavy (non-hydrogen) atoms. The van der Waals surface area contributed by atoms with Gasteiger partial charge in [-0.2, -0.15) is 0 Å². The largest absolute Gasteiger partial charge is 0.497 e. The minimum Gasteiger partial charge on any atom is -0.497 e. The zero-order chi connectivity index (χ0) is 34.4. The Morgan fingerprint density at radius 1 is 0.583 bits per heavy atom. The smallest absolute Gasteiger partial charge is 0.127 e. The topological polar surface area (TPSA) is 36.9 Å². The fourth-order valence-corrected chi connectivity index (χ4v) is 11.5. The van der Waals surface area contributed by atoms with Gasteiger partial charge in [-0.15, -0.1) is 0 Å². The maximum Gasteiger partial charge on any atom is 0.127 e. The number of hydrogen-bond donors (Lipinski definition) is 0. The Bertz CT molecular complexity index is 1320. The molecule has 0 fully saturated rings. The van der Waals surface area contributed by atoms with Crippen molar-refractivity contribution in [3.05, 3.63) is 96.8 Å². The molecule has 3 aromatic rings. The summed E-state index contributed by atoms with van der Waals surface area (Å²) in [4.78, 5) is 0. The Balaban J connectivity index is 0.00000307. The molecule has 1 aliphatic rings. The van der Waals surface area contributed by atoms with E-state index in [0.717, 1.165) is 107 Å². The highest BCUT2D eigenvalue weighted by Crippen LogP contribution is 2.51. The lowest BCUT2D eigenvalue weighted by Crippen LogP contribution is -2.23. The van der Waals surface area contributed by atoms with Crippen molar-refractivity contribution in [3.8, 4) is 17.2 Å². The van der Waals surface area contributed by atoms with Gasteiger partial charge in [-0.1, -0.05) is 116 Å². The van der Waals surface area contributed by atoms with Crippen LogP contribution in [0.5, 0.6) is 17.2 Å². The molecule has 6 heteroatoms. The average Bonchev–Trinajstić information content (AvgIpc) is 3.38. The van der Waals surface area contributed by atoms with E-state index in [0.29, 0.717) is 5.66 Å². The predicted molar refractivity (Wildman–Crippen MR) is 212 cm³/mol. The van der Waals surface area contributed by atoms with Gasteiger partial charge >= 0.3 is 0 Å². The van der Waals surface area contributed by atoms with Gasteiger partial charge in [0, 0.05) is 21.6 Å². The number of para-hydroxylation sites is 3. The highest BCUT2D eigenvalue weighted by Gasteiger charge is 2.30. The third-order valence-corrected chi connectivity index (χ3v) is 13.6. The summed E-state index contributed by atoms with van der Waals surface area (Å²) < 4.78 is 25.6. The van der Waals surface area contributed by atoms with Gasteiger partial charge in [-0.3, -0.25) is 0 Å². The normalized spacial score (nSPS) is 14.7. The first-order valence-corrected chi connectivity index (χ1v) is 21.5. The van der Waals surface area contributed by atoms with Gasteiger partial charge in [0.25, 0.3) is 0 Å². The Kier molecular flexibility index (Phi) is 19.4. The molecule has 0 N–H and O–H groups in total. The van der Waals surface area contributed by atoms with Crippen LogP contribution in [0.4, 0.5) is 0 Å². The van der Waals surface area contributed by atoms with E-state index in [1.54, 1.807) is 0 Å². The number of hydrogen-bond acceptors (Lipinski definition) is 4. The first kappa shape index (κ1) is 39.6. The second-order valence-electron chi connectivity index (χ2n) is 11.6. The standard InChI is InChI=1S/C40H54O4P2.C2H6/c1-5-27-41-33-19-10-9-11-23-37(33)45(38-24-15-12-20-34(38)42-28-6-2)31-18-32-46(39-25-16-13-21-35(39)43-29-7-3)40-26-17-14-22-36(40)44-30-8-4;1-2/h9-10,12-17,19-22,24-26,37H,5-8,11,18,23,27-32H2,1-4H3;1-2H3. The molecule has 1 aliphatic carbocycles. The van der Waals surface area contributed by atoms with E-state index in [1.165, 1.54) is 15.9 Å². The summed E-state index contributed by atoms with van der Waals surface area (Å²) in [5.41, 5.74) is 0.356. The summed E-state index contributed by atoms with van der Waals surface area (Å²) in [5, 5.41) is 3.98. The van der Waals surface area contributed by atoms with Gasteiger partial charge in [0.05, 0.1) is 26.4 Å². The highest BCUT2D eigenvalue weighted by molar-refractivity contribution is 7.73. The van der Waals surface area contributed by atoms with E-state index in [2.05, 4.69) is 119 Å². The molecule has 4 rings (SSSR count). The lowest BCUT2D eigenvalue weighted by atomic mass is 10.2. The Labute approximate surface area is 294 Å². The Morgan fingerprint density at radius 3 is 1.56 bits per heavy atom. The zero-order valence-electron chi connectivity index (χ0n) is 30.5. The van der Waals surface area contributed by atoms with Crippen LogP contribution in [0.1, 0.15) is 86.5 Å². The summed E-state index contributed by atoms with van der Waals surface area (Å²) in [6.45, 7) is 15.6. The molecule has 0 aromatic heterocycles. The molecule has 262 valence electrons. The zero-order valence-corrected chi connectivity index (χ0v) is 32.2. The van der Waals surface area contributed by atoms with Gasteiger partial charge in [0.15, 0.2) is 0 Å². The molecular formula is C42H60O4P2. The van der Waals surface area contributed by atoms with Crippen LogP contribution in [-0.2, 0) is 4.74 Å². The molecule has 0 heterocycles. The summed E-state index contributed by atoms with van der Waals surface area (Å²) in [6.07, 6.45) is 16.1. The molecule has 0 aliphatic heterocycles. The molecule has 3 aromatic carbocycles. The van der Waals surface area contributed by atoms with Crippen molar-refractivity contribution in [2.45, 2.75) is 92.1 Å².